The number of carbonyl (C=O) groups is 1. The molecule has 0 atom stereocenters. The predicted molar refractivity (Wildman–Crippen MR) is 74.9 cm³/mol. The lowest BCUT2D eigenvalue weighted by Crippen LogP contribution is -2.18. The molecule has 0 bridgehead atoms. The van der Waals surface area contributed by atoms with Crippen LogP contribution in [-0.2, 0) is 11.3 Å². The van der Waals surface area contributed by atoms with Crippen LogP contribution in [0.3, 0.4) is 0 Å². The van der Waals surface area contributed by atoms with Gasteiger partial charge in [0, 0.05) is 24.5 Å². The molecule has 98 valence electrons. The number of halogens is 1. The standard InChI is InChI=1S/C14H19ClN2O/c15-7-6-14(18)16-13-5-3-4-12(10-13)11-17-8-1-2-9-17/h3-5,10H,1-2,6-9,11H2,(H,16,18). The minimum absolute atomic E-state index is 0.0247. The summed E-state index contributed by atoms with van der Waals surface area (Å²) >= 11 is 5.54. The normalized spacial score (nSPS) is 15.8. The molecule has 18 heavy (non-hydrogen) atoms. The molecule has 1 aliphatic heterocycles. The summed E-state index contributed by atoms with van der Waals surface area (Å²) in [5, 5.41) is 2.87. The topological polar surface area (TPSA) is 32.3 Å². The van der Waals surface area contributed by atoms with Crippen LogP contribution in [-0.4, -0.2) is 29.8 Å². The van der Waals surface area contributed by atoms with Gasteiger partial charge in [0.1, 0.15) is 0 Å². The van der Waals surface area contributed by atoms with E-state index in [1.165, 1.54) is 31.5 Å². The molecule has 1 saturated heterocycles. The molecule has 0 unspecified atom stereocenters. The number of nitrogens with one attached hydrogen (secondary N) is 1. The number of carbonyl (C=O) groups excluding carboxylic acids is 1. The van der Waals surface area contributed by atoms with Crippen LogP contribution >= 0.6 is 11.6 Å². The maximum atomic E-state index is 11.5. The van der Waals surface area contributed by atoms with E-state index in [9.17, 15) is 4.79 Å². The van der Waals surface area contributed by atoms with E-state index in [1.54, 1.807) is 0 Å². The van der Waals surface area contributed by atoms with Gasteiger partial charge in [0.25, 0.3) is 0 Å². The number of hydrogen-bond acceptors (Lipinski definition) is 2. The van der Waals surface area contributed by atoms with Crippen LogP contribution in [0, 0.1) is 0 Å². The average Bonchev–Trinajstić information content (AvgIpc) is 2.82. The van der Waals surface area contributed by atoms with Gasteiger partial charge in [-0.1, -0.05) is 12.1 Å². The fourth-order valence-electron chi connectivity index (χ4n) is 2.26. The van der Waals surface area contributed by atoms with Gasteiger partial charge in [-0.2, -0.15) is 0 Å². The molecule has 0 aromatic heterocycles. The first-order chi connectivity index (χ1) is 8.78. The molecule has 1 aromatic carbocycles. The Labute approximate surface area is 113 Å². The van der Waals surface area contributed by atoms with Crippen LogP contribution in [0.5, 0.6) is 0 Å². The number of anilines is 1. The van der Waals surface area contributed by atoms with Crippen LogP contribution in [0.1, 0.15) is 24.8 Å². The first kappa shape index (κ1) is 13.4. The molecule has 4 heteroatoms. The van der Waals surface area contributed by atoms with Crippen molar-refractivity contribution in [1.82, 2.24) is 4.90 Å². The smallest absolute Gasteiger partial charge is 0.225 e. The number of alkyl halides is 1. The molecule has 2 rings (SSSR count). The van der Waals surface area contributed by atoms with E-state index >= 15 is 0 Å². The second-order valence-corrected chi connectivity index (χ2v) is 5.05. The third-order valence-electron chi connectivity index (χ3n) is 3.14. The first-order valence-electron chi connectivity index (χ1n) is 6.45. The van der Waals surface area contributed by atoms with Crippen molar-refractivity contribution < 1.29 is 4.79 Å². The average molecular weight is 267 g/mol. The first-order valence-corrected chi connectivity index (χ1v) is 6.98. The van der Waals surface area contributed by atoms with Crippen molar-refractivity contribution >= 4 is 23.2 Å². The third-order valence-corrected chi connectivity index (χ3v) is 3.33. The highest BCUT2D eigenvalue weighted by atomic mass is 35.5. The van der Waals surface area contributed by atoms with Crippen molar-refractivity contribution in [2.75, 3.05) is 24.3 Å². The molecule has 1 fully saturated rings. The number of nitrogens with zero attached hydrogens (tertiary/aromatic N) is 1. The number of hydrogen-bond donors (Lipinski definition) is 1. The zero-order valence-electron chi connectivity index (χ0n) is 10.5. The minimum atomic E-state index is -0.0247. The Morgan fingerprint density at radius 1 is 1.33 bits per heavy atom. The van der Waals surface area contributed by atoms with Gasteiger partial charge in [0.05, 0.1) is 0 Å². The quantitative estimate of drug-likeness (QED) is 0.832. The predicted octanol–water partition coefficient (Wildman–Crippen LogP) is 2.85. The Morgan fingerprint density at radius 3 is 2.83 bits per heavy atom. The van der Waals surface area contributed by atoms with Crippen molar-refractivity contribution in [3.8, 4) is 0 Å². The summed E-state index contributed by atoms with van der Waals surface area (Å²) in [7, 11) is 0. The van der Waals surface area contributed by atoms with Gasteiger partial charge in [-0.15, -0.1) is 11.6 Å². The molecule has 1 N–H and O–H groups in total. The highest BCUT2D eigenvalue weighted by Crippen LogP contribution is 2.16. The summed E-state index contributed by atoms with van der Waals surface area (Å²) < 4.78 is 0. The van der Waals surface area contributed by atoms with Gasteiger partial charge in [0.15, 0.2) is 0 Å². The van der Waals surface area contributed by atoms with Crippen molar-refractivity contribution in [3.05, 3.63) is 29.8 Å². The minimum Gasteiger partial charge on any atom is -0.326 e. The molecule has 0 radical (unpaired) electrons. The number of rotatable bonds is 5. The van der Waals surface area contributed by atoms with E-state index in [2.05, 4.69) is 16.3 Å². The van der Waals surface area contributed by atoms with E-state index in [4.69, 9.17) is 11.6 Å². The van der Waals surface area contributed by atoms with E-state index in [1.807, 2.05) is 18.2 Å². The SMILES string of the molecule is O=C(CCCl)Nc1cccc(CN2CCCC2)c1. The Morgan fingerprint density at radius 2 is 2.11 bits per heavy atom. The Balaban J connectivity index is 1.93. The highest BCUT2D eigenvalue weighted by molar-refractivity contribution is 6.19. The van der Waals surface area contributed by atoms with E-state index in [0.717, 1.165) is 12.2 Å². The Kier molecular flexibility index (Phi) is 5.02. The molecule has 0 aliphatic carbocycles. The maximum absolute atomic E-state index is 11.5. The van der Waals surface area contributed by atoms with Gasteiger partial charge in [-0.05, 0) is 43.6 Å². The second-order valence-electron chi connectivity index (χ2n) is 4.67. The van der Waals surface area contributed by atoms with Gasteiger partial charge in [0.2, 0.25) is 5.91 Å². The van der Waals surface area contributed by atoms with Gasteiger partial charge >= 0.3 is 0 Å². The van der Waals surface area contributed by atoms with Crippen LogP contribution < -0.4 is 5.32 Å². The lowest BCUT2D eigenvalue weighted by atomic mass is 10.2. The Bertz CT molecular complexity index is 403. The zero-order chi connectivity index (χ0) is 12.8. The van der Waals surface area contributed by atoms with E-state index < -0.39 is 0 Å². The molecule has 1 aromatic rings. The summed E-state index contributed by atoms with van der Waals surface area (Å²) in [5.74, 6) is 0.336. The third kappa shape index (κ3) is 4.00. The molecule has 1 aliphatic rings. The number of benzene rings is 1. The molecule has 3 nitrogen and oxygen atoms in total. The molecule has 1 amide bonds. The lowest BCUT2D eigenvalue weighted by Gasteiger charge is -2.15. The monoisotopic (exact) mass is 266 g/mol. The second kappa shape index (κ2) is 6.76. The Hall–Kier alpha value is -1.06. The highest BCUT2D eigenvalue weighted by Gasteiger charge is 2.11. The van der Waals surface area contributed by atoms with Crippen LogP contribution in [0.4, 0.5) is 5.69 Å². The molecular weight excluding hydrogens is 248 g/mol. The summed E-state index contributed by atoms with van der Waals surface area (Å²) in [6.07, 6.45) is 2.95. The van der Waals surface area contributed by atoms with E-state index in [-0.39, 0.29) is 5.91 Å². The van der Waals surface area contributed by atoms with E-state index in [0.29, 0.717) is 12.3 Å². The van der Waals surface area contributed by atoms with Crippen LogP contribution in [0.25, 0.3) is 0 Å². The van der Waals surface area contributed by atoms with Crippen molar-refractivity contribution in [3.63, 3.8) is 0 Å². The zero-order valence-corrected chi connectivity index (χ0v) is 11.2. The van der Waals surface area contributed by atoms with Crippen molar-refractivity contribution in [1.29, 1.82) is 0 Å². The molecular formula is C14H19ClN2O. The fourth-order valence-corrected chi connectivity index (χ4v) is 2.43. The van der Waals surface area contributed by atoms with Gasteiger partial charge in [-0.25, -0.2) is 0 Å². The van der Waals surface area contributed by atoms with Gasteiger partial charge < -0.3 is 5.32 Å². The maximum Gasteiger partial charge on any atom is 0.225 e. The molecule has 0 saturated carbocycles. The summed E-state index contributed by atoms with van der Waals surface area (Å²) in [4.78, 5) is 13.9. The summed E-state index contributed by atoms with van der Waals surface area (Å²) in [6.45, 7) is 3.34. The van der Waals surface area contributed by atoms with Gasteiger partial charge in [-0.3, -0.25) is 9.69 Å². The summed E-state index contributed by atoms with van der Waals surface area (Å²) in [6, 6.07) is 8.06. The van der Waals surface area contributed by atoms with Crippen molar-refractivity contribution in [2.24, 2.45) is 0 Å². The fraction of sp³-hybridized carbons (Fsp3) is 0.500. The molecule has 0 spiro atoms. The largest absolute Gasteiger partial charge is 0.326 e. The van der Waals surface area contributed by atoms with Crippen LogP contribution in [0.2, 0.25) is 0 Å². The number of likely N-dealkylation sites (tertiary alicyclic amines) is 1. The molecule has 1 heterocycles. The summed E-state index contributed by atoms with van der Waals surface area (Å²) in [5.41, 5.74) is 2.11. The number of amides is 1. The lowest BCUT2D eigenvalue weighted by molar-refractivity contribution is -0.115. The van der Waals surface area contributed by atoms with Crippen LogP contribution in [0.15, 0.2) is 24.3 Å². The van der Waals surface area contributed by atoms with Crippen molar-refractivity contribution in [2.45, 2.75) is 25.8 Å².